The van der Waals surface area contributed by atoms with Crippen molar-refractivity contribution in [2.45, 2.75) is 38.8 Å². The van der Waals surface area contributed by atoms with E-state index in [9.17, 15) is 0 Å². The van der Waals surface area contributed by atoms with E-state index in [1.807, 2.05) is 18.3 Å². The van der Waals surface area contributed by atoms with Crippen LogP contribution in [0.2, 0.25) is 0 Å². The number of nitrogens with zero attached hydrogens (tertiary/aromatic N) is 1. The Morgan fingerprint density at radius 1 is 1.43 bits per heavy atom. The Kier molecular flexibility index (Phi) is 3.14. The minimum Gasteiger partial charge on any atom is -0.308 e. The number of hydrogen-bond acceptors (Lipinski definition) is 2. The average Bonchev–Trinajstić information content (AvgIpc) is 2.63. The van der Waals surface area contributed by atoms with Crippen LogP contribution in [0.3, 0.4) is 0 Å². The lowest BCUT2D eigenvalue weighted by molar-refractivity contribution is 0.424. The van der Waals surface area contributed by atoms with Crippen LogP contribution < -0.4 is 5.32 Å². The van der Waals surface area contributed by atoms with E-state index in [4.69, 9.17) is 0 Å². The molecule has 0 aliphatic heterocycles. The van der Waals surface area contributed by atoms with E-state index in [1.54, 1.807) is 0 Å². The first-order valence-electron chi connectivity index (χ1n) is 5.49. The number of pyridine rings is 1. The molecule has 2 atom stereocenters. The van der Waals surface area contributed by atoms with Crippen LogP contribution in [0.4, 0.5) is 0 Å². The molecule has 1 aliphatic carbocycles. The molecule has 1 aromatic rings. The summed E-state index contributed by atoms with van der Waals surface area (Å²) in [5, 5.41) is 3.59. The summed E-state index contributed by atoms with van der Waals surface area (Å²) in [4.78, 5) is 4.30. The lowest BCUT2D eigenvalue weighted by Crippen LogP contribution is -2.30. The van der Waals surface area contributed by atoms with Gasteiger partial charge in [-0.25, -0.2) is 0 Å². The molecule has 0 aromatic carbocycles. The van der Waals surface area contributed by atoms with E-state index in [2.05, 4.69) is 23.3 Å². The maximum atomic E-state index is 4.30. The topological polar surface area (TPSA) is 24.9 Å². The molecule has 0 spiro atoms. The molecule has 14 heavy (non-hydrogen) atoms. The molecule has 0 unspecified atom stereocenters. The first kappa shape index (κ1) is 9.66. The third kappa shape index (κ3) is 2.32. The van der Waals surface area contributed by atoms with Gasteiger partial charge in [-0.3, -0.25) is 4.98 Å². The van der Waals surface area contributed by atoms with Gasteiger partial charge in [0.25, 0.3) is 0 Å². The SMILES string of the molecule is C[C@H]1CCC[C@@H]1NCc1ccccn1. The Balaban J connectivity index is 1.82. The Bertz CT molecular complexity index is 271. The summed E-state index contributed by atoms with van der Waals surface area (Å²) in [7, 11) is 0. The van der Waals surface area contributed by atoms with Gasteiger partial charge in [0.05, 0.1) is 5.69 Å². The van der Waals surface area contributed by atoms with Crippen LogP contribution in [-0.2, 0) is 6.54 Å². The second-order valence-corrected chi connectivity index (χ2v) is 4.22. The third-order valence-corrected chi connectivity index (χ3v) is 3.13. The minimum absolute atomic E-state index is 0.706. The third-order valence-electron chi connectivity index (χ3n) is 3.13. The summed E-state index contributed by atoms with van der Waals surface area (Å²) in [6, 6.07) is 6.79. The van der Waals surface area contributed by atoms with Crippen molar-refractivity contribution >= 4 is 0 Å². The van der Waals surface area contributed by atoms with Crippen LogP contribution in [0.15, 0.2) is 24.4 Å². The lowest BCUT2D eigenvalue weighted by atomic mass is 10.1. The quantitative estimate of drug-likeness (QED) is 0.791. The maximum Gasteiger partial charge on any atom is 0.0541 e. The zero-order chi connectivity index (χ0) is 9.80. The molecule has 1 saturated carbocycles. The summed E-state index contributed by atoms with van der Waals surface area (Å²) in [5.41, 5.74) is 1.15. The smallest absolute Gasteiger partial charge is 0.0541 e. The molecule has 1 aromatic heterocycles. The van der Waals surface area contributed by atoms with Gasteiger partial charge in [-0.15, -0.1) is 0 Å². The molecule has 1 fully saturated rings. The van der Waals surface area contributed by atoms with Gasteiger partial charge >= 0.3 is 0 Å². The fourth-order valence-electron chi connectivity index (χ4n) is 2.19. The van der Waals surface area contributed by atoms with Crippen molar-refractivity contribution in [3.05, 3.63) is 30.1 Å². The van der Waals surface area contributed by atoms with E-state index in [-0.39, 0.29) is 0 Å². The van der Waals surface area contributed by atoms with Crippen molar-refractivity contribution in [3.8, 4) is 0 Å². The Morgan fingerprint density at radius 3 is 3.00 bits per heavy atom. The van der Waals surface area contributed by atoms with Gasteiger partial charge in [-0.05, 0) is 30.9 Å². The van der Waals surface area contributed by atoms with Gasteiger partial charge in [-0.2, -0.15) is 0 Å². The fraction of sp³-hybridized carbons (Fsp3) is 0.583. The van der Waals surface area contributed by atoms with E-state index < -0.39 is 0 Å². The van der Waals surface area contributed by atoms with Crippen LogP contribution >= 0.6 is 0 Å². The molecule has 2 nitrogen and oxygen atoms in total. The highest BCUT2D eigenvalue weighted by Crippen LogP contribution is 2.24. The van der Waals surface area contributed by atoms with Crippen molar-refractivity contribution < 1.29 is 0 Å². The van der Waals surface area contributed by atoms with Gasteiger partial charge in [0.15, 0.2) is 0 Å². The largest absolute Gasteiger partial charge is 0.308 e. The van der Waals surface area contributed by atoms with Gasteiger partial charge in [0, 0.05) is 18.8 Å². The molecule has 1 N–H and O–H groups in total. The van der Waals surface area contributed by atoms with E-state index >= 15 is 0 Å². The van der Waals surface area contributed by atoms with Crippen molar-refractivity contribution in [2.75, 3.05) is 0 Å². The van der Waals surface area contributed by atoms with Crippen molar-refractivity contribution in [1.82, 2.24) is 10.3 Å². The molecular formula is C12H18N2. The van der Waals surface area contributed by atoms with Crippen LogP contribution in [0.5, 0.6) is 0 Å². The Morgan fingerprint density at radius 2 is 2.36 bits per heavy atom. The molecule has 0 amide bonds. The number of nitrogens with one attached hydrogen (secondary N) is 1. The second kappa shape index (κ2) is 4.56. The zero-order valence-electron chi connectivity index (χ0n) is 8.74. The van der Waals surface area contributed by atoms with Crippen LogP contribution in [0.25, 0.3) is 0 Å². The fourth-order valence-corrected chi connectivity index (χ4v) is 2.19. The molecule has 0 radical (unpaired) electrons. The van der Waals surface area contributed by atoms with E-state index in [0.29, 0.717) is 6.04 Å². The summed E-state index contributed by atoms with van der Waals surface area (Å²) in [6.45, 7) is 3.25. The van der Waals surface area contributed by atoms with Crippen LogP contribution in [0, 0.1) is 5.92 Å². The van der Waals surface area contributed by atoms with Gasteiger partial charge in [0.1, 0.15) is 0 Å². The summed E-state index contributed by atoms with van der Waals surface area (Å²) in [5.74, 6) is 0.832. The van der Waals surface area contributed by atoms with Crippen molar-refractivity contribution in [2.24, 2.45) is 5.92 Å². The summed E-state index contributed by atoms with van der Waals surface area (Å²) in [6.07, 6.45) is 5.93. The lowest BCUT2D eigenvalue weighted by Gasteiger charge is -2.16. The van der Waals surface area contributed by atoms with Gasteiger partial charge in [0.2, 0.25) is 0 Å². The predicted molar refractivity (Wildman–Crippen MR) is 57.9 cm³/mol. The molecule has 0 bridgehead atoms. The highest BCUT2D eigenvalue weighted by Gasteiger charge is 2.22. The molecule has 76 valence electrons. The van der Waals surface area contributed by atoms with E-state index in [1.165, 1.54) is 19.3 Å². The number of rotatable bonds is 3. The van der Waals surface area contributed by atoms with Crippen molar-refractivity contribution in [3.63, 3.8) is 0 Å². The first-order chi connectivity index (χ1) is 6.86. The average molecular weight is 190 g/mol. The standard InChI is InChI=1S/C12H18N2/c1-10-5-4-7-12(10)14-9-11-6-2-3-8-13-11/h2-3,6,8,10,12,14H,4-5,7,9H2,1H3/t10-,12-/m0/s1. The molecular weight excluding hydrogens is 172 g/mol. The highest BCUT2D eigenvalue weighted by molar-refractivity contribution is 5.03. The Hall–Kier alpha value is -0.890. The highest BCUT2D eigenvalue weighted by atomic mass is 14.9. The van der Waals surface area contributed by atoms with Crippen LogP contribution in [0.1, 0.15) is 31.9 Å². The second-order valence-electron chi connectivity index (χ2n) is 4.22. The predicted octanol–water partition coefficient (Wildman–Crippen LogP) is 2.36. The van der Waals surface area contributed by atoms with Gasteiger partial charge < -0.3 is 5.32 Å². The number of hydrogen-bond donors (Lipinski definition) is 1. The number of aromatic nitrogens is 1. The summed E-state index contributed by atoms with van der Waals surface area (Å²) < 4.78 is 0. The normalized spacial score (nSPS) is 26.6. The first-order valence-corrected chi connectivity index (χ1v) is 5.49. The van der Waals surface area contributed by atoms with E-state index in [0.717, 1.165) is 18.2 Å². The Labute approximate surface area is 85.7 Å². The van der Waals surface area contributed by atoms with Gasteiger partial charge in [-0.1, -0.05) is 19.4 Å². The van der Waals surface area contributed by atoms with Crippen LogP contribution in [-0.4, -0.2) is 11.0 Å². The molecule has 1 aliphatic rings. The summed E-state index contributed by atoms with van der Waals surface area (Å²) >= 11 is 0. The molecule has 0 saturated heterocycles. The van der Waals surface area contributed by atoms with Crippen molar-refractivity contribution in [1.29, 1.82) is 0 Å². The molecule has 1 heterocycles. The monoisotopic (exact) mass is 190 g/mol. The molecule has 2 heteroatoms. The minimum atomic E-state index is 0.706. The molecule has 2 rings (SSSR count). The maximum absolute atomic E-state index is 4.30. The zero-order valence-corrected chi connectivity index (χ0v) is 8.74.